The van der Waals surface area contributed by atoms with E-state index in [0.29, 0.717) is 17.1 Å². The molecule has 1 amide bonds. The van der Waals surface area contributed by atoms with Crippen molar-refractivity contribution in [1.82, 2.24) is 5.32 Å². The highest BCUT2D eigenvalue weighted by molar-refractivity contribution is 7.21. The lowest BCUT2D eigenvalue weighted by atomic mass is 10.1. The minimum absolute atomic E-state index is 0.100. The Bertz CT molecular complexity index is 760. The maximum Gasteiger partial charge on any atom is 0.263 e. The van der Waals surface area contributed by atoms with E-state index in [9.17, 15) is 4.79 Å². The summed E-state index contributed by atoms with van der Waals surface area (Å²) in [6, 6.07) is 9.94. The molecule has 2 heterocycles. The molecule has 0 saturated heterocycles. The van der Waals surface area contributed by atoms with E-state index in [1.807, 2.05) is 42.6 Å². The molecule has 20 heavy (non-hydrogen) atoms. The van der Waals surface area contributed by atoms with Crippen LogP contribution in [0.4, 0.5) is 5.69 Å². The number of anilines is 1. The molecule has 0 bridgehead atoms. The van der Waals surface area contributed by atoms with Crippen molar-refractivity contribution >= 4 is 44.4 Å². The number of benzene rings is 1. The average Bonchev–Trinajstić information content (AvgIpc) is 3.06. The summed E-state index contributed by atoms with van der Waals surface area (Å²) in [4.78, 5) is 14.0. The number of aryl methyl sites for hydroxylation is 1. The number of rotatable bonds is 3. The first-order chi connectivity index (χ1) is 9.66. The number of carbonyl (C=O) groups is 1. The fraction of sp³-hybridized carbons (Fsp3) is 0.133. The standard InChI is InChI=1S/C15H14N2OS2/c1-9-4-2-6-11-12(16)14(20-13(9)11)15(18)17-8-10-5-3-7-19-10/h2-7H,8,16H2,1H3,(H,17,18). The third kappa shape index (κ3) is 2.30. The van der Waals surface area contributed by atoms with Crippen molar-refractivity contribution in [3.05, 3.63) is 51.0 Å². The third-order valence-corrected chi connectivity index (χ3v) is 5.39. The summed E-state index contributed by atoms with van der Waals surface area (Å²) in [5, 5.41) is 5.89. The van der Waals surface area contributed by atoms with Crippen LogP contribution in [0.2, 0.25) is 0 Å². The summed E-state index contributed by atoms with van der Waals surface area (Å²) in [6.45, 7) is 2.58. The van der Waals surface area contributed by atoms with E-state index in [1.165, 1.54) is 11.3 Å². The molecule has 0 fully saturated rings. The Hall–Kier alpha value is -1.85. The highest BCUT2D eigenvalue weighted by Crippen LogP contribution is 2.35. The predicted octanol–water partition coefficient (Wildman–Crippen LogP) is 3.78. The molecule has 0 spiro atoms. The first-order valence-corrected chi connectivity index (χ1v) is 7.94. The van der Waals surface area contributed by atoms with Crippen LogP contribution in [0.15, 0.2) is 35.7 Å². The Labute approximate surface area is 125 Å². The lowest BCUT2D eigenvalue weighted by Gasteiger charge is -2.02. The van der Waals surface area contributed by atoms with E-state index in [1.54, 1.807) is 11.3 Å². The predicted molar refractivity (Wildman–Crippen MR) is 86.5 cm³/mol. The zero-order valence-electron chi connectivity index (χ0n) is 11.0. The summed E-state index contributed by atoms with van der Waals surface area (Å²) in [5.41, 5.74) is 7.84. The van der Waals surface area contributed by atoms with Crippen molar-refractivity contribution in [2.45, 2.75) is 13.5 Å². The number of nitrogen functional groups attached to an aromatic ring is 1. The molecule has 0 radical (unpaired) electrons. The van der Waals surface area contributed by atoms with Crippen LogP contribution in [-0.4, -0.2) is 5.91 Å². The fourth-order valence-electron chi connectivity index (χ4n) is 2.11. The first kappa shape index (κ1) is 13.1. The Morgan fingerprint density at radius 1 is 1.30 bits per heavy atom. The minimum Gasteiger partial charge on any atom is -0.397 e. The first-order valence-electron chi connectivity index (χ1n) is 6.25. The van der Waals surface area contributed by atoms with Gasteiger partial charge in [-0.25, -0.2) is 0 Å². The second kappa shape index (κ2) is 5.26. The molecule has 0 aliphatic rings. The molecule has 102 valence electrons. The molecule has 0 saturated carbocycles. The van der Waals surface area contributed by atoms with Gasteiger partial charge >= 0.3 is 0 Å². The number of nitrogens with one attached hydrogen (secondary N) is 1. The average molecular weight is 302 g/mol. The summed E-state index contributed by atoms with van der Waals surface area (Å²) in [7, 11) is 0. The smallest absolute Gasteiger partial charge is 0.263 e. The van der Waals surface area contributed by atoms with Crippen molar-refractivity contribution in [1.29, 1.82) is 0 Å². The van der Waals surface area contributed by atoms with Crippen LogP contribution in [-0.2, 0) is 6.54 Å². The Morgan fingerprint density at radius 3 is 2.85 bits per heavy atom. The van der Waals surface area contributed by atoms with Gasteiger partial charge in [-0.1, -0.05) is 24.3 Å². The van der Waals surface area contributed by atoms with Gasteiger partial charge in [0, 0.05) is 15.0 Å². The topological polar surface area (TPSA) is 55.1 Å². The number of carbonyl (C=O) groups excluding carboxylic acids is 1. The largest absolute Gasteiger partial charge is 0.397 e. The van der Waals surface area contributed by atoms with Crippen LogP contribution < -0.4 is 11.1 Å². The second-order valence-corrected chi connectivity index (χ2v) is 6.61. The molecule has 3 rings (SSSR count). The van der Waals surface area contributed by atoms with E-state index in [-0.39, 0.29) is 5.91 Å². The lowest BCUT2D eigenvalue weighted by Crippen LogP contribution is -2.22. The van der Waals surface area contributed by atoms with Crippen LogP contribution in [0.1, 0.15) is 20.1 Å². The number of hydrogen-bond acceptors (Lipinski definition) is 4. The maximum atomic E-state index is 12.3. The molecule has 3 nitrogen and oxygen atoms in total. The van der Waals surface area contributed by atoms with E-state index < -0.39 is 0 Å². The van der Waals surface area contributed by atoms with Gasteiger partial charge in [-0.15, -0.1) is 22.7 Å². The number of amides is 1. The zero-order valence-corrected chi connectivity index (χ0v) is 12.6. The summed E-state index contributed by atoms with van der Waals surface area (Å²) < 4.78 is 1.09. The molecular formula is C15H14N2OS2. The molecule has 2 aromatic heterocycles. The lowest BCUT2D eigenvalue weighted by molar-refractivity contribution is 0.0956. The summed E-state index contributed by atoms with van der Waals surface area (Å²) >= 11 is 3.09. The molecule has 0 unspecified atom stereocenters. The van der Waals surface area contributed by atoms with Crippen molar-refractivity contribution in [2.24, 2.45) is 0 Å². The van der Waals surface area contributed by atoms with E-state index >= 15 is 0 Å². The molecule has 5 heteroatoms. The van der Waals surface area contributed by atoms with Gasteiger partial charge in [-0.3, -0.25) is 4.79 Å². The SMILES string of the molecule is Cc1cccc2c(N)c(C(=O)NCc3cccs3)sc12. The molecular weight excluding hydrogens is 288 g/mol. The van der Waals surface area contributed by atoms with Gasteiger partial charge in [0.05, 0.1) is 12.2 Å². The molecule has 0 aliphatic heterocycles. The fourth-order valence-corrected chi connectivity index (χ4v) is 3.86. The van der Waals surface area contributed by atoms with Crippen molar-refractivity contribution in [2.75, 3.05) is 5.73 Å². The van der Waals surface area contributed by atoms with Gasteiger partial charge in [0.25, 0.3) is 5.91 Å². The molecule has 0 aliphatic carbocycles. The second-order valence-electron chi connectivity index (χ2n) is 4.56. The van der Waals surface area contributed by atoms with Crippen LogP contribution in [0.3, 0.4) is 0 Å². The van der Waals surface area contributed by atoms with Crippen LogP contribution in [0.25, 0.3) is 10.1 Å². The van der Waals surface area contributed by atoms with Gasteiger partial charge in [-0.05, 0) is 23.9 Å². The Balaban J connectivity index is 1.88. The number of nitrogens with two attached hydrogens (primary N) is 1. The highest BCUT2D eigenvalue weighted by atomic mass is 32.1. The molecule has 3 aromatic rings. The van der Waals surface area contributed by atoms with Crippen molar-refractivity contribution < 1.29 is 4.79 Å². The van der Waals surface area contributed by atoms with E-state index in [4.69, 9.17) is 5.73 Å². The quantitative estimate of drug-likeness (QED) is 0.773. The zero-order chi connectivity index (χ0) is 14.1. The monoisotopic (exact) mass is 302 g/mol. The van der Waals surface area contributed by atoms with Gasteiger partial charge < -0.3 is 11.1 Å². The summed E-state index contributed by atoms with van der Waals surface area (Å²) in [6.07, 6.45) is 0. The van der Waals surface area contributed by atoms with Crippen LogP contribution in [0, 0.1) is 6.92 Å². The maximum absolute atomic E-state index is 12.3. The normalized spacial score (nSPS) is 10.8. The number of fused-ring (bicyclic) bond motifs is 1. The Kier molecular flexibility index (Phi) is 3.46. The number of thiophene rings is 2. The Morgan fingerprint density at radius 2 is 2.15 bits per heavy atom. The van der Waals surface area contributed by atoms with Crippen molar-refractivity contribution in [3.8, 4) is 0 Å². The number of hydrogen-bond donors (Lipinski definition) is 2. The van der Waals surface area contributed by atoms with E-state index in [0.717, 1.165) is 20.5 Å². The van der Waals surface area contributed by atoms with Gasteiger partial charge in [0.1, 0.15) is 4.88 Å². The van der Waals surface area contributed by atoms with Crippen molar-refractivity contribution in [3.63, 3.8) is 0 Å². The summed E-state index contributed by atoms with van der Waals surface area (Å²) in [5.74, 6) is -0.100. The molecule has 0 atom stereocenters. The third-order valence-electron chi connectivity index (χ3n) is 3.16. The van der Waals surface area contributed by atoms with Crippen LogP contribution in [0.5, 0.6) is 0 Å². The molecule has 3 N–H and O–H groups in total. The molecule has 1 aromatic carbocycles. The van der Waals surface area contributed by atoms with Crippen LogP contribution >= 0.6 is 22.7 Å². The van der Waals surface area contributed by atoms with Gasteiger partial charge in [-0.2, -0.15) is 0 Å². The van der Waals surface area contributed by atoms with E-state index in [2.05, 4.69) is 5.32 Å². The highest BCUT2D eigenvalue weighted by Gasteiger charge is 2.16. The van der Waals surface area contributed by atoms with Gasteiger partial charge in [0.15, 0.2) is 0 Å². The minimum atomic E-state index is -0.100. The van der Waals surface area contributed by atoms with Gasteiger partial charge in [0.2, 0.25) is 0 Å².